The molecule has 0 atom stereocenters. The van der Waals surface area contributed by atoms with E-state index in [0.29, 0.717) is 0 Å². The third kappa shape index (κ3) is 5.23. The summed E-state index contributed by atoms with van der Waals surface area (Å²) in [5.41, 5.74) is 1.00. The number of hydrogen-bond donors (Lipinski definition) is 4. The van der Waals surface area contributed by atoms with Crippen LogP contribution in [0.15, 0.2) is 58.3 Å². The van der Waals surface area contributed by atoms with E-state index in [1.807, 2.05) is 44.3 Å². The molecule has 2 heterocycles. The van der Waals surface area contributed by atoms with Crippen LogP contribution in [0.4, 0.5) is 17.5 Å². The number of aryl methyl sites for hydroxylation is 1. The molecule has 0 unspecified atom stereocenters. The zero-order valence-corrected chi connectivity index (χ0v) is 15.2. The van der Waals surface area contributed by atoms with Crippen molar-refractivity contribution in [3.63, 3.8) is 0 Å². The lowest BCUT2D eigenvalue weighted by molar-refractivity contribution is 0.821. The first kappa shape index (κ1) is 17.3. The van der Waals surface area contributed by atoms with Crippen molar-refractivity contribution in [2.75, 3.05) is 30.8 Å². The Labute approximate surface area is 151 Å². The lowest BCUT2D eigenvalue weighted by Crippen LogP contribution is -2.18. The van der Waals surface area contributed by atoms with Crippen molar-refractivity contribution < 1.29 is 0 Å². The molecule has 3 aromatic rings. The third-order valence-electron chi connectivity index (χ3n) is 3.42. The maximum Gasteiger partial charge on any atom is 0.153 e. The number of aromatic nitrogens is 3. The van der Waals surface area contributed by atoms with Crippen molar-refractivity contribution in [2.24, 2.45) is 0 Å². The van der Waals surface area contributed by atoms with Gasteiger partial charge in [-0.3, -0.25) is 5.10 Å². The second kappa shape index (κ2) is 8.55. The van der Waals surface area contributed by atoms with Gasteiger partial charge in [0.25, 0.3) is 0 Å². The molecule has 25 heavy (non-hydrogen) atoms. The lowest BCUT2D eigenvalue weighted by atomic mass is 10.4. The Morgan fingerprint density at radius 2 is 1.76 bits per heavy atom. The Hall–Kier alpha value is -2.51. The summed E-state index contributed by atoms with van der Waals surface area (Å²) in [5, 5.41) is 16.9. The lowest BCUT2D eigenvalue weighted by Gasteiger charge is -2.11. The number of hydrogen-bond acceptors (Lipinski definition) is 6. The van der Waals surface area contributed by atoms with Gasteiger partial charge < -0.3 is 16.0 Å². The molecule has 0 saturated carbocycles. The number of anilines is 3. The number of H-pyrrole nitrogens is 1. The smallest absolute Gasteiger partial charge is 0.153 e. The fourth-order valence-electron chi connectivity index (χ4n) is 2.27. The first-order chi connectivity index (χ1) is 12.2. The molecule has 6 nitrogen and oxygen atoms in total. The van der Waals surface area contributed by atoms with Crippen molar-refractivity contribution in [3.05, 3.63) is 54.2 Å². The number of benzene rings is 1. The van der Waals surface area contributed by atoms with E-state index in [4.69, 9.17) is 0 Å². The van der Waals surface area contributed by atoms with Gasteiger partial charge in [-0.2, -0.15) is 5.10 Å². The Bertz CT molecular complexity index is 802. The summed E-state index contributed by atoms with van der Waals surface area (Å²) in [7, 11) is 1.93. The average molecular weight is 354 g/mol. The van der Waals surface area contributed by atoms with Crippen LogP contribution < -0.4 is 16.0 Å². The summed E-state index contributed by atoms with van der Waals surface area (Å²) in [4.78, 5) is 6.94. The van der Waals surface area contributed by atoms with Gasteiger partial charge in [0.2, 0.25) is 0 Å². The van der Waals surface area contributed by atoms with Crippen molar-refractivity contribution in [3.8, 4) is 0 Å². The summed E-state index contributed by atoms with van der Waals surface area (Å²) < 4.78 is 0. The van der Waals surface area contributed by atoms with Crippen LogP contribution in [0.3, 0.4) is 0 Å². The zero-order chi connectivity index (χ0) is 17.5. The highest BCUT2D eigenvalue weighted by Gasteiger charge is 2.06. The Balaban J connectivity index is 1.82. The van der Waals surface area contributed by atoms with E-state index in [1.165, 1.54) is 4.90 Å². The van der Waals surface area contributed by atoms with Crippen LogP contribution in [0.1, 0.15) is 5.69 Å². The number of nitrogens with one attached hydrogen (secondary N) is 4. The molecule has 0 saturated heterocycles. The van der Waals surface area contributed by atoms with Crippen LogP contribution in [0.2, 0.25) is 0 Å². The normalized spacial score (nSPS) is 10.6. The number of rotatable bonds is 8. The molecule has 130 valence electrons. The second-order valence-corrected chi connectivity index (χ2v) is 6.73. The summed E-state index contributed by atoms with van der Waals surface area (Å²) >= 11 is 1.71. The predicted octanol–water partition coefficient (Wildman–Crippen LogP) is 3.64. The van der Waals surface area contributed by atoms with Crippen LogP contribution in [0, 0.1) is 6.92 Å². The van der Waals surface area contributed by atoms with Gasteiger partial charge in [0, 0.05) is 34.6 Å². The zero-order valence-electron chi connectivity index (χ0n) is 14.3. The highest BCUT2D eigenvalue weighted by atomic mass is 32.2. The molecule has 0 aliphatic heterocycles. The van der Waals surface area contributed by atoms with Crippen LogP contribution in [0.25, 0.3) is 0 Å². The Kier molecular flexibility index (Phi) is 5.92. The van der Waals surface area contributed by atoms with Crippen LogP contribution in [0.5, 0.6) is 0 Å². The van der Waals surface area contributed by atoms with Crippen LogP contribution in [-0.4, -0.2) is 35.3 Å². The van der Waals surface area contributed by atoms with Gasteiger partial charge in [-0.1, -0.05) is 30.0 Å². The molecule has 1 aromatic carbocycles. The second-order valence-electron chi connectivity index (χ2n) is 5.58. The molecule has 7 heteroatoms. The van der Waals surface area contributed by atoms with E-state index in [2.05, 4.69) is 49.3 Å². The van der Waals surface area contributed by atoms with E-state index < -0.39 is 0 Å². The fourth-order valence-corrected chi connectivity index (χ4v) is 3.18. The van der Waals surface area contributed by atoms with E-state index >= 15 is 0 Å². The molecule has 0 amide bonds. The maximum absolute atomic E-state index is 4.63. The molecular weight excluding hydrogens is 332 g/mol. The van der Waals surface area contributed by atoms with E-state index in [-0.39, 0.29) is 0 Å². The average Bonchev–Trinajstić information content (AvgIpc) is 3.01. The molecule has 3 rings (SSSR count). The highest BCUT2D eigenvalue weighted by molar-refractivity contribution is 7.99. The van der Waals surface area contributed by atoms with Gasteiger partial charge in [-0.15, -0.1) is 0 Å². The number of pyridine rings is 1. The monoisotopic (exact) mass is 354 g/mol. The molecule has 0 fully saturated rings. The fraction of sp³-hybridized carbons (Fsp3) is 0.222. The van der Waals surface area contributed by atoms with Gasteiger partial charge in [0.05, 0.1) is 0 Å². The van der Waals surface area contributed by atoms with Gasteiger partial charge in [0.15, 0.2) is 5.82 Å². The number of nitrogens with zero attached hydrogens (tertiary/aromatic N) is 2. The van der Waals surface area contributed by atoms with Crippen molar-refractivity contribution in [1.82, 2.24) is 20.5 Å². The van der Waals surface area contributed by atoms with Crippen molar-refractivity contribution in [1.29, 1.82) is 0 Å². The minimum atomic E-state index is 0.757. The van der Waals surface area contributed by atoms with E-state index in [9.17, 15) is 0 Å². The summed E-state index contributed by atoms with van der Waals surface area (Å²) in [6.07, 6.45) is 0. The minimum absolute atomic E-state index is 0.757. The van der Waals surface area contributed by atoms with Crippen molar-refractivity contribution in [2.45, 2.75) is 16.7 Å². The highest BCUT2D eigenvalue weighted by Crippen LogP contribution is 2.31. The molecule has 4 N–H and O–H groups in total. The van der Waals surface area contributed by atoms with Gasteiger partial charge >= 0.3 is 0 Å². The Morgan fingerprint density at radius 3 is 2.48 bits per heavy atom. The molecule has 0 aliphatic rings. The molecule has 0 spiro atoms. The molecule has 0 bridgehead atoms. The van der Waals surface area contributed by atoms with Crippen LogP contribution >= 0.6 is 11.8 Å². The van der Waals surface area contributed by atoms with E-state index in [0.717, 1.165) is 41.1 Å². The number of likely N-dealkylation sites (N-methyl/N-ethyl adjacent to an activating group) is 1. The third-order valence-corrected chi connectivity index (χ3v) is 4.40. The SMILES string of the molecule is CNCCNc1cc(Sc2ccccc2)cc(Nc2cc(C)[nH]n2)n1. The summed E-state index contributed by atoms with van der Waals surface area (Å²) in [6.45, 7) is 3.65. The molecular formula is C18H22N6S. The summed E-state index contributed by atoms with van der Waals surface area (Å²) in [6, 6.07) is 16.4. The van der Waals surface area contributed by atoms with Gasteiger partial charge in [0.1, 0.15) is 11.6 Å². The quantitative estimate of drug-likeness (QED) is 0.463. The number of aromatic amines is 1. The molecule has 0 aliphatic carbocycles. The van der Waals surface area contributed by atoms with Crippen LogP contribution in [-0.2, 0) is 0 Å². The first-order valence-corrected chi connectivity index (χ1v) is 8.97. The maximum atomic E-state index is 4.63. The van der Waals surface area contributed by atoms with E-state index in [1.54, 1.807) is 11.8 Å². The largest absolute Gasteiger partial charge is 0.369 e. The topological polar surface area (TPSA) is 77.7 Å². The molecule has 0 radical (unpaired) electrons. The van der Waals surface area contributed by atoms with Crippen molar-refractivity contribution >= 4 is 29.2 Å². The molecule has 2 aromatic heterocycles. The summed E-state index contributed by atoms with van der Waals surface area (Å²) in [5.74, 6) is 2.36. The standard InChI is InChI=1S/C18H22N6S/c1-13-10-18(24-23-13)22-17-12-15(25-14-6-4-3-5-7-14)11-16(21-17)20-9-8-19-2/h3-7,10-12,19H,8-9H2,1-2H3,(H3,20,21,22,23,24). The Morgan fingerprint density at radius 1 is 0.960 bits per heavy atom. The minimum Gasteiger partial charge on any atom is -0.369 e. The predicted molar refractivity (Wildman–Crippen MR) is 104 cm³/mol. The van der Waals surface area contributed by atoms with Gasteiger partial charge in [-0.05, 0) is 38.2 Å². The van der Waals surface area contributed by atoms with Gasteiger partial charge in [-0.25, -0.2) is 4.98 Å². The first-order valence-electron chi connectivity index (χ1n) is 8.15.